The number of hydrogen-bond acceptors (Lipinski definition) is 7. The first-order valence-electron chi connectivity index (χ1n) is 8.89. The van der Waals surface area contributed by atoms with Crippen LogP contribution in [0.5, 0.6) is 6.01 Å². The molecule has 1 saturated heterocycles. The highest BCUT2D eigenvalue weighted by molar-refractivity contribution is 5.84. The van der Waals surface area contributed by atoms with Crippen LogP contribution >= 0.6 is 0 Å². The van der Waals surface area contributed by atoms with Gasteiger partial charge in [0.1, 0.15) is 11.8 Å². The fourth-order valence-corrected chi connectivity index (χ4v) is 3.86. The average Bonchev–Trinajstić information content (AvgIpc) is 3.17. The molecule has 9 heteroatoms. The van der Waals surface area contributed by atoms with E-state index in [1.165, 1.54) is 6.20 Å². The van der Waals surface area contributed by atoms with Crippen molar-refractivity contribution in [1.82, 2.24) is 14.5 Å². The lowest BCUT2D eigenvalue weighted by Gasteiger charge is -2.39. The topological polar surface area (TPSA) is 93.7 Å². The third-order valence-electron chi connectivity index (χ3n) is 5.09. The molecule has 0 spiro atoms. The van der Waals surface area contributed by atoms with Gasteiger partial charge >= 0.3 is 11.8 Å². The summed E-state index contributed by atoms with van der Waals surface area (Å²) in [4.78, 5) is 30.0. The van der Waals surface area contributed by atoms with E-state index in [1.807, 2.05) is 31.2 Å². The predicted octanol–water partition coefficient (Wildman–Crippen LogP) is 1.58. The normalized spacial score (nSPS) is 22.3. The molecule has 1 unspecified atom stereocenters. The molecule has 27 heavy (non-hydrogen) atoms. The van der Waals surface area contributed by atoms with Crippen molar-refractivity contribution in [2.24, 2.45) is 0 Å². The lowest BCUT2D eigenvalue weighted by atomic mass is 10.1. The minimum Gasteiger partial charge on any atom is -0.436 e. The number of benzene rings is 1. The highest BCUT2D eigenvalue weighted by Crippen LogP contribution is 2.32. The first-order valence-corrected chi connectivity index (χ1v) is 8.89. The summed E-state index contributed by atoms with van der Waals surface area (Å²) >= 11 is 0. The number of nitro groups is 1. The lowest BCUT2D eigenvalue weighted by molar-refractivity contribution is -0.389. The number of nitrogens with zero attached hydrogens (tertiary/aromatic N) is 5. The number of aromatic nitrogens is 2. The van der Waals surface area contributed by atoms with Gasteiger partial charge in [-0.05, 0) is 24.0 Å². The van der Waals surface area contributed by atoms with Gasteiger partial charge in [0.05, 0.1) is 6.54 Å². The number of piperazine rings is 1. The van der Waals surface area contributed by atoms with E-state index < -0.39 is 10.5 Å². The summed E-state index contributed by atoms with van der Waals surface area (Å²) in [6.07, 6.45) is 2.32. The first-order chi connectivity index (χ1) is 13.0. The molecule has 1 aromatic heterocycles. The van der Waals surface area contributed by atoms with Crippen LogP contribution in [-0.4, -0.2) is 64.0 Å². The highest BCUT2D eigenvalue weighted by atomic mass is 16.6. The summed E-state index contributed by atoms with van der Waals surface area (Å²) in [7, 11) is 0. The third-order valence-corrected chi connectivity index (χ3v) is 5.09. The van der Waals surface area contributed by atoms with Crippen LogP contribution in [0.15, 0.2) is 30.5 Å². The minimum absolute atomic E-state index is 0.186. The van der Waals surface area contributed by atoms with Crippen LogP contribution in [0.1, 0.15) is 17.3 Å². The summed E-state index contributed by atoms with van der Waals surface area (Å²) in [5.74, 6) is -0.186. The Morgan fingerprint density at radius 1 is 1.30 bits per heavy atom. The molecule has 0 N–H and O–H groups in total. The maximum absolute atomic E-state index is 11.3. The second kappa shape index (κ2) is 6.66. The van der Waals surface area contributed by atoms with Crippen LogP contribution in [0.25, 0.3) is 0 Å². The number of imidazole rings is 1. The maximum atomic E-state index is 11.3. The summed E-state index contributed by atoms with van der Waals surface area (Å²) in [5.41, 5.74) is 1.23. The molecule has 0 radical (unpaired) electrons. The second-order valence-electron chi connectivity index (χ2n) is 7.26. The van der Waals surface area contributed by atoms with Crippen LogP contribution in [0.2, 0.25) is 0 Å². The van der Waals surface area contributed by atoms with Gasteiger partial charge in [0.25, 0.3) is 0 Å². The van der Waals surface area contributed by atoms with E-state index >= 15 is 0 Å². The SMILES string of the molecule is CC1(CN2CCN(c3ccccc3C=O)CC2)Cn2cc([N+](=O)[O-])nc2O1. The zero-order chi connectivity index (χ0) is 19.0. The van der Waals surface area contributed by atoms with Gasteiger partial charge in [-0.1, -0.05) is 12.1 Å². The fourth-order valence-electron chi connectivity index (χ4n) is 3.86. The molecule has 1 atom stereocenters. The molecule has 0 saturated carbocycles. The molecule has 2 aliphatic rings. The zero-order valence-corrected chi connectivity index (χ0v) is 15.1. The molecule has 0 amide bonds. The Hall–Kier alpha value is -2.94. The molecule has 142 valence electrons. The van der Waals surface area contributed by atoms with Gasteiger partial charge in [0, 0.05) is 49.0 Å². The molecule has 2 aromatic rings. The van der Waals surface area contributed by atoms with Crippen molar-refractivity contribution in [2.75, 3.05) is 37.6 Å². The van der Waals surface area contributed by atoms with Crippen molar-refractivity contribution in [3.8, 4) is 6.01 Å². The van der Waals surface area contributed by atoms with Crippen molar-refractivity contribution in [3.63, 3.8) is 0 Å². The Kier molecular flexibility index (Phi) is 4.31. The van der Waals surface area contributed by atoms with Gasteiger partial charge in [-0.15, -0.1) is 0 Å². The molecule has 0 aliphatic carbocycles. The number of fused-ring (bicyclic) bond motifs is 1. The number of carbonyl (C=O) groups excluding carboxylic acids is 1. The van der Waals surface area contributed by atoms with Gasteiger partial charge in [0.2, 0.25) is 0 Å². The quantitative estimate of drug-likeness (QED) is 0.447. The van der Waals surface area contributed by atoms with E-state index in [9.17, 15) is 14.9 Å². The van der Waals surface area contributed by atoms with Gasteiger partial charge in [-0.3, -0.25) is 14.3 Å². The van der Waals surface area contributed by atoms with Gasteiger partial charge in [-0.2, -0.15) is 0 Å². The monoisotopic (exact) mass is 371 g/mol. The van der Waals surface area contributed by atoms with Crippen molar-refractivity contribution in [2.45, 2.75) is 19.1 Å². The number of carbonyl (C=O) groups is 1. The summed E-state index contributed by atoms with van der Waals surface area (Å²) in [6.45, 7) is 6.63. The van der Waals surface area contributed by atoms with Gasteiger partial charge in [0.15, 0.2) is 6.29 Å². The molecule has 2 aliphatic heterocycles. The van der Waals surface area contributed by atoms with E-state index in [2.05, 4.69) is 14.8 Å². The van der Waals surface area contributed by atoms with Crippen molar-refractivity contribution in [1.29, 1.82) is 0 Å². The number of para-hydroxylation sites is 1. The number of aldehydes is 1. The molecule has 1 aromatic carbocycles. The van der Waals surface area contributed by atoms with E-state index in [0.29, 0.717) is 24.7 Å². The standard InChI is InChI=1S/C18H21N5O4/c1-18(13-22-10-16(23(25)26)19-17(22)27-18)12-20-6-8-21(9-7-20)15-5-3-2-4-14(15)11-24/h2-5,10-11H,6-9,12-13H2,1H3. The molecule has 4 rings (SSSR count). The van der Waals surface area contributed by atoms with Crippen LogP contribution in [0.3, 0.4) is 0 Å². The number of ether oxygens (including phenoxy) is 1. The van der Waals surface area contributed by atoms with Crippen molar-refractivity contribution in [3.05, 3.63) is 46.1 Å². The molecule has 9 nitrogen and oxygen atoms in total. The van der Waals surface area contributed by atoms with E-state index in [-0.39, 0.29) is 5.82 Å². The largest absolute Gasteiger partial charge is 0.436 e. The molecule has 1 fully saturated rings. The Morgan fingerprint density at radius 2 is 2.04 bits per heavy atom. The Bertz CT molecular complexity index is 849. The van der Waals surface area contributed by atoms with Crippen molar-refractivity contribution >= 4 is 17.8 Å². The average molecular weight is 371 g/mol. The Labute approximate surface area is 156 Å². The smallest absolute Gasteiger partial charge is 0.415 e. The van der Waals surface area contributed by atoms with Crippen molar-refractivity contribution < 1.29 is 14.5 Å². The predicted molar refractivity (Wildman–Crippen MR) is 98.4 cm³/mol. The zero-order valence-electron chi connectivity index (χ0n) is 15.1. The highest BCUT2D eigenvalue weighted by Gasteiger charge is 2.41. The van der Waals surface area contributed by atoms with Crippen LogP contribution in [0, 0.1) is 10.1 Å². The second-order valence-corrected chi connectivity index (χ2v) is 7.26. The first kappa shape index (κ1) is 17.5. The fraction of sp³-hybridized carbons (Fsp3) is 0.444. The van der Waals surface area contributed by atoms with E-state index in [0.717, 1.165) is 38.2 Å². The number of hydrogen-bond donors (Lipinski definition) is 0. The van der Waals surface area contributed by atoms with Crippen LogP contribution in [0.4, 0.5) is 11.5 Å². The Morgan fingerprint density at radius 3 is 2.70 bits per heavy atom. The van der Waals surface area contributed by atoms with Gasteiger partial charge in [-0.25, -0.2) is 0 Å². The Balaban J connectivity index is 1.36. The molecular weight excluding hydrogens is 350 g/mol. The summed E-state index contributed by atoms with van der Waals surface area (Å²) in [6, 6.07) is 7.94. The van der Waals surface area contributed by atoms with Crippen LogP contribution in [-0.2, 0) is 6.54 Å². The minimum atomic E-state index is -0.511. The van der Waals surface area contributed by atoms with Gasteiger partial charge < -0.3 is 19.8 Å². The molecule has 0 bridgehead atoms. The van der Waals surface area contributed by atoms with E-state index in [1.54, 1.807) is 4.57 Å². The molecule has 3 heterocycles. The number of anilines is 1. The summed E-state index contributed by atoms with van der Waals surface area (Å²) in [5, 5.41) is 10.8. The van der Waals surface area contributed by atoms with E-state index in [4.69, 9.17) is 4.74 Å². The number of rotatable bonds is 5. The third kappa shape index (κ3) is 3.37. The lowest BCUT2D eigenvalue weighted by Crippen LogP contribution is -2.53. The summed E-state index contributed by atoms with van der Waals surface area (Å²) < 4.78 is 7.62. The maximum Gasteiger partial charge on any atom is 0.415 e. The van der Waals surface area contributed by atoms with Crippen LogP contribution < -0.4 is 9.64 Å². The molecular formula is C18H21N5O4.